The van der Waals surface area contributed by atoms with Gasteiger partial charge < -0.3 is 11.1 Å². The molecule has 1 fully saturated rings. The van der Waals surface area contributed by atoms with Gasteiger partial charge in [-0.1, -0.05) is 41.3 Å². The molecule has 0 radical (unpaired) electrons. The summed E-state index contributed by atoms with van der Waals surface area (Å²) in [5.41, 5.74) is 6.75. The molecular formula is C14H19BrN2O. The Hall–Kier alpha value is -0.870. The molecule has 3 N–H and O–H groups in total. The van der Waals surface area contributed by atoms with Crippen molar-refractivity contribution in [2.45, 2.75) is 37.6 Å². The summed E-state index contributed by atoms with van der Waals surface area (Å²) in [7, 11) is 0. The largest absolute Gasteiger partial charge is 0.350 e. The van der Waals surface area contributed by atoms with Gasteiger partial charge in [-0.15, -0.1) is 0 Å². The summed E-state index contributed by atoms with van der Waals surface area (Å²) in [5.74, 6) is -0.0494. The van der Waals surface area contributed by atoms with Crippen LogP contribution in [-0.4, -0.2) is 18.0 Å². The number of hydrogen-bond acceptors (Lipinski definition) is 2. The van der Waals surface area contributed by atoms with Gasteiger partial charge in [-0.25, -0.2) is 0 Å². The molecule has 2 rings (SSSR count). The van der Waals surface area contributed by atoms with E-state index >= 15 is 0 Å². The van der Waals surface area contributed by atoms with Gasteiger partial charge in [0, 0.05) is 22.1 Å². The van der Waals surface area contributed by atoms with Crippen molar-refractivity contribution in [1.82, 2.24) is 5.32 Å². The molecule has 1 aromatic carbocycles. The van der Waals surface area contributed by atoms with Crippen LogP contribution in [0.5, 0.6) is 0 Å². The van der Waals surface area contributed by atoms with Gasteiger partial charge in [0.2, 0.25) is 0 Å². The summed E-state index contributed by atoms with van der Waals surface area (Å²) < 4.78 is 0.912. The zero-order chi connectivity index (χ0) is 13.0. The second-order valence-electron chi connectivity index (χ2n) is 5.12. The second kappa shape index (κ2) is 5.85. The zero-order valence-electron chi connectivity index (χ0n) is 10.4. The van der Waals surface area contributed by atoms with Crippen molar-refractivity contribution in [3.05, 3.63) is 34.3 Å². The Bertz CT molecular complexity index is 428. The average molecular weight is 311 g/mol. The van der Waals surface area contributed by atoms with Crippen LogP contribution in [-0.2, 0) is 0 Å². The standard InChI is InChI=1S/C14H19BrN2O/c15-12-6-4-5-11(9-12)13(18)17-10-14(16)7-2-1-3-8-14/h4-6,9H,1-3,7-8,10,16H2,(H,17,18). The van der Waals surface area contributed by atoms with Crippen molar-refractivity contribution in [3.8, 4) is 0 Å². The fourth-order valence-electron chi connectivity index (χ4n) is 2.42. The first-order chi connectivity index (χ1) is 8.59. The van der Waals surface area contributed by atoms with Crippen molar-refractivity contribution in [3.63, 3.8) is 0 Å². The van der Waals surface area contributed by atoms with Crippen molar-refractivity contribution in [2.24, 2.45) is 5.73 Å². The first kappa shape index (κ1) is 13.6. The molecule has 18 heavy (non-hydrogen) atoms. The van der Waals surface area contributed by atoms with E-state index in [1.165, 1.54) is 19.3 Å². The molecule has 0 unspecified atom stereocenters. The molecule has 3 nitrogen and oxygen atoms in total. The maximum absolute atomic E-state index is 12.0. The molecule has 98 valence electrons. The lowest BCUT2D eigenvalue weighted by molar-refractivity contribution is 0.0937. The molecule has 0 bridgehead atoms. The van der Waals surface area contributed by atoms with Gasteiger partial charge in [0.05, 0.1) is 0 Å². The Labute approximate surface area is 116 Å². The van der Waals surface area contributed by atoms with E-state index in [0.29, 0.717) is 12.1 Å². The summed E-state index contributed by atoms with van der Waals surface area (Å²) >= 11 is 3.36. The highest BCUT2D eigenvalue weighted by Crippen LogP contribution is 2.25. The quantitative estimate of drug-likeness (QED) is 0.902. The summed E-state index contributed by atoms with van der Waals surface area (Å²) in [4.78, 5) is 12.0. The van der Waals surface area contributed by atoms with Crippen molar-refractivity contribution in [1.29, 1.82) is 0 Å². The minimum absolute atomic E-state index is 0.0494. The molecule has 0 aromatic heterocycles. The summed E-state index contributed by atoms with van der Waals surface area (Å²) in [6.07, 6.45) is 5.61. The van der Waals surface area contributed by atoms with E-state index in [1.54, 1.807) is 0 Å². The number of benzene rings is 1. The summed E-state index contributed by atoms with van der Waals surface area (Å²) in [6.45, 7) is 0.568. The number of rotatable bonds is 3. The molecule has 0 aliphatic heterocycles. The molecule has 1 saturated carbocycles. The lowest BCUT2D eigenvalue weighted by Crippen LogP contribution is -2.51. The van der Waals surface area contributed by atoms with Crippen LogP contribution in [0.4, 0.5) is 0 Å². The molecule has 1 amide bonds. The van der Waals surface area contributed by atoms with Gasteiger partial charge in [0.25, 0.3) is 5.91 Å². The van der Waals surface area contributed by atoms with E-state index in [1.807, 2.05) is 24.3 Å². The Morgan fingerprint density at radius 1 is 1.33 bits per heavy atom. The normalized spacial score (nSPS) is 18.3. The number of halogens is 1. The molecule has 0 atom stereocenters. The SMILES string of the molecule is NC1(CNC(=O)c2cccc(Br)c2)CCCCC1. The third kappa shape index (κ3) is 3.56. The summed E-state index contributed by atoms with van der Waals surface area (Å²) in [5, 5.41) is 2.95. The molecule has 1 aliphatic carbocycles. The van der Waals surface area contributed by atoms with Gasteiger partial charge in [0.15, 0.2) is 0 Å². The third-order valence-corrected chi connectivity index (χ3v) is 4.03. The van der Waals surface area contributed by atoms with Crippen molar-refractivity contribution in [2.75, 3.05) is 6.54 Å². The molecule has 0 heterocycles. The van der Waals surface area contributed by atoms with Crippen LogP contribution in [0.1, 0.15) is 42.5 Å². The minimum Gasteiger partial charge on any atom is -0.350 e. The predicted octanol–water partition coefficient (Wildman–Crippen LogP) is 2.84. The van der Waals surface area contributed by atoms with E-state index in [9.17, 15) is 4.79 Å². The third-order valence-electron chi connectivity index (χ3n) is 3.54. The van der Waals surface area contributed by atoms with Crippen LogP contribution in [0.15, 0.2) is 28.7 Å². The highest BCUT2D eigenvalue weighted by atomic mass is 79.9. The van der Waals surface area contributed by atoms with Crippen LogP contribution < -0.4 is 11.1 Å². The lowest BCUT2D eigenvalue weighted by Gasteiger charge is -2.33. The first-order valence-electron chi connectivity index (χ1n) is 6.42. The highest BCUT2D eigenvalue weighted by Gasteiger charge is 2.27. The van der Waals surface area contributed by atoms with Gasteiger partial charge in [-0.2, -0.15) is 0 Å². The Morgan fingerprint density at radius 3 is 2.72 bits per heavy atom. The fourth-order valence-corrected chi connectivity index (χ4v) is 2.82. The molecule has 1 aromatic rings. The van der Waals surface area contributed by atoms with Crippen LogP contribution in [0.3, 0.4) is 0 Å². The lowest BCUT2D eigenvalue weighted by atomic mass is 9.82. The van der Waals surface area contributed by atoms with Crippen molar-refractivity contribution < 1.29 is 4.79 Å². The topological polar surface area (TPSA) is 55.1 Å². The molecular weight excluding hydrogens is 292 g/mol. The van der Waals surface area contributed by atoms with Crippen LogP contribution >= 0.6 is 15.9 Å². The van der Waals surface area contributed by atoms with Gasteiger partial charge in [-0.3, -0.25) is 4.79 Å². The van der Waals surface area contributed by atoms with E-state index in [-0.39, 0.29) is 11.4 Å². The van der Waals surface area contributed by atoms with Gasteiger partial charge >= 0.3 is 0 Å². The fraction of sp³-hybridized carbons (Fsp3) is 0.500. The number of nitrogens with one attached hydrogen (secondary N) is 1. The van der Waals surface area contributed by atoms with Gasteiger partial charge in [-0.05, 0) is 31.0 Å². The van der Waals surface area contributed by atoms with E-state index in [4.69, 9.17) is 5.73 Å². The maximum atomic E-state index is 12.0. The predicted molar refractivity (Wildman–Crippen MR) is 76.5 cm³/mol. The number of carbonyl (C=O) groups excluding carboxylic acids is 1. The molecule has 0 saturated heterocycles. The van der Waals surface area contributed by atoms with Crippen LogP contribution in [0.2, 0.25) is 0 Å². The Morgan fingerprint density at radius 2 is 2.06 bits per heavy atom. The highest BCUT2D eigenvalue weighted by molar-refractivity contribution is 9.10. The monoisotopic (exact) mass is 310 g/mol. The van der Waals surface area contributed by atoms with Crippen molar-refractivity contribution >= 4 is 21.8 Å². The second-order valence-corrected chi connectivity index (χ2v) is 6.03. The average Bonchev–Trinajstić information content (AvgIpc) is 2.37. The Kier molecular flexibility index (Phi) is 4.40. The smallest absolute Gasteiger partial charge is 0.251 e. The van der Waals surface area contributed by atoms with Crippen LogP contribution in [0.25, 0.3) is 0 Å². The van der Waals surface area contributed by atoms with Gasteiger partial charge in [0.1, 0.15) is 0 Å². The molecule has 4 heteroatoms. The van der Waals surface area contributed by atoms with E-state index < -0.39 is 0 Å². The molecule has 0 spiro atoms. The maximum Gasteiger partial charge on any atom is 0.251 e. The first-order valence-corrected chi connectivity index (χ1v) is 7.21. The zero-order valence-corrected chi connectivity index (χ0v) is 12.0. The minimum atomic E-state index is -0.208. The number of nitrogens with two attached hydrogens (primary N) is 1. The van der Waals surface area contributed by atoms with E-state index in [0.717, 1.165) is 17.3 Å². The van der Waals surface area contributed by atoms with E-state index in [2.05, 4.69) is 21.2 Å². The molecule has 1 aliphatic rings. The number of carbonyl (C=O) groups is 1. The number of amides is 1. The summed E-state index contributed by atoms with van der Waals surface area (Å²) in [6, 6.07) is 7.39. The number of hydrogen-bond donors (Lipinski definition) is 2. The van der Waals surface area contributed by atoms with Crippen LogP contribution in [0, 0.1) is 0 Å². The Balaban J connectivity index is 1.92.